The molecule has 0 aliphatic heterocycles. The number of aromatic amines is 2. The van der Waals surface area contributed by atoms with Gasteiger partial charge >= 0.3 is 0 Å². The summed E-state index contributed by atoms with van der Waals surface area (Å²) in [4.78, 5) is 6.95. The van der Waals surface area contributed by atoms with Gasteiger partial charge in [0.25, 0.3) is 0 Å². The van der Waals surface area contributed by atoms with E-state index in [0.717, 1.165) is 34.4 Å². The Hall–Kier alpha value is -3.11. The van der Waals surface area contributed by atoms with E-state index in [1.165, 1.54) is 55.2 Å². The molecule has 2 heterocycles. The van der Waals surface area contributed by atoms with Gasteiger partial charge in [-0.25, -0.2) is 0 Å². The molecule has 2 nitrogen and oxygen atoms in total. The van der Waals surface area contributed by atoms with Crippen LogP contribution < -0.4 is 0 Å². The second-order valence-corrected chi connectivity index (χ2v) is 11.3. The van der Waals surface area contributed by atoms with E-state index in [2.05, 4.69) is 83.0 Å². The molecule has 4 aromatic carbocycles. The number of nitrogens with one attached hydrogen (secondary N) is 2. The molecule has 0 radical (unpaired) electrons. The van der Waals surface area contributed by atoms with E-state index in [4.69, 9.17) is 23.2 Å². The van der Waals surface area contributed by atoms with Crippen LogP contribution in [0.4, 0.5) is 0 Å². The van der Waals surface area contributed by atoms with Crippen LogP contribution in [0, 0.1) is 0 Å². The first-order valence-corrected chi connectivity index (χ1v) is 14.3. The second-order valence-electron chi connectivity index (χ2n) is 9.41. The van der Waals surface area contributed by atoms with E-state index in [0.29, 0.717) is 0 Å². The second kappa shape index (κ2) is 10.7. The standard InChI is InChI=1S/C32H26Cl2N2S/c33-27-11-7-21(8-12-27)15-25-17-35-29-5-1-3-23(31(25)29)19-37-20-24-4-2-6-30-32(24)26(18-36-30)16-22-9-13-28(34)14-10-22/h1-14,17-18,35-36H,15-16,19-20H2. The van der Waals surface area contributed by atoms with E-state index in [1.54, 1.807) is 0 Å². The van der Waals surface area contributed by atoms with Crippen LogP contribution in [-0.4, -0.2) is 9.97 Å². The summed E-state index contributed by atoms with van der Waals surface area (Å²) in [6.07, 6.45) is 6.07. The van der Waals surface area contributed by atoms with Gasteiger partial charge in [-0.2, -0.15) is 11.8 Å². The van der Waals surface area contributed by atoms with E-state index in [9.17, 15) is 0 Å². The molecule has 5 heteroatoms. The molecule has 0 atom stereocenters. The van der Waals surface area contributed by atoms with Crippen LogP contribution in [0.3, 0.4) is 0 Å². The number of H-pyrrole nitrogens is 2. The summed E-state index contributed by atoms with van der Waals surface area (Å²) in [7, 11) is 0. The Morgan fingerprint density at radius 2 is 0.946 bits per heavy atom. The van der Waals surface area contributed by atoms with E-state index in [1.807, 2.05) is 36.0 Å². The van der Waals surface area contributed by atoms with Gasteiger partial charge in [0.1, 0.15) is 0 Å². The summed E-state index contributed by atoms with van der Waals surface area (Å²) in [5, 5.41) is 4.23. The third kappa shape index (κ3) is 5.31. The number of hydrogen-bond acceptors (Lipinski definition) is 1. The molecule has 2 aromatic heterocycles. The van der Waals surface area contributed by atoms with Crippen LogP contribution in [0.5, 0.6) is 0 Å². The Balaban J connectivity index is 1.22. The van der Waals surface area contributed by atoms with Gasteiger partial charge in [0.2, 0.25) is 0 Å². The highest BCUT2D eigenvalue weighted by Crippen LogP contribution is 2.32. The zero-order valence-electron chi connectivity index (χ0n) is 20.2. The molecular formula is C32H26Cl2N2S. The van der Waals surface area contributed by atoms with Crippen molar-refractivity contribution in [2.24, 2.45) is 0 Å². The summed E-state index contributed by atoms with van der Waals surface area (Å²) in [6, 6.07) is 29.4. The zero-order chi connectivity index (χ0) is 25.2. The number of rotatable bonds is 8. The average molecular weight is 542 g/mol. The van der Waals surface area contributed by atoms with Crippen molar-refractivity contribution in [3.05, 3.63) is 141 Å². The maximum Gasteiger partial charge on any atom is 0.0460 e. The fourth-order valence-corrected chi connectivity index (χ4v) is 6.38. The van der Waals surface area contributed by atoms with Crippen molar-refractivity contribution in [2.75, 3.05) is 0 Å². The number of benzene rings is 4. The average Bonchev–Trinajstić information content (AvgIpc) is 3.52. The van der Waals surface area contributed by atoms with Crippen molar-refractivity contribution in [3.8, 4) is 0 Å². The number of thioether (sulfide) groups is 1. The summed E-state index contributed by atoms with van der Waals surface area (Å²) < 4.78 is 0. The van der Waals surface area contributed by atoms with Crippen molar-refractivity contribution in [3.63, 3.8) is 0 Å². The minimum atomic E-state index is 0.772. The Morgan fingerprint density at radius 1 is 0.514 bits per heavy atom. The van der Waals surface area contributed by atoms with Gasteiger partial charge in [0.15, 0.2) is 0 Å². The van der Waals surface area contributed by atoms with Crippen LogP contribution in [0.25, 0.3) is 21.8 Å². The lowest BCUT2D eigenvalue weighted by molar-refractivity contribution is 1.20. The van der Waals surface area contributed by atoms with Crippen molar-refractivity contribution < 1.29 is 0 Å². The predicted molar refractivity (Wildman–Crippen MR) is 160 cm³/mol. The van der Waals surface area contributed by atoms with E-state index in [-0.39, 0.29) is 0 Å². The highest BCUT2D eigenvalue weighted by atomic mass is 35.5. The number of halogens is 2. The first kappa shape index (κ1) is 24.2. The fraction of sp³-hybridized carbons (Fsp3) is 0.125. The molecule has 0 bridgehead atoms. The van der Waals surface area contributed by atoms with Gasteiger partial charge in [-0.1, -0.05) is 71.7 Å². The lowest BCUT2D eigenvalue weighted by Gasteiger charge is -2.09. The molecule has 37 heavy (non-hydrogen) atoms. The van der Waals surface area contributed by atoms with Crippen molar-refractivity contribution in [2.45, 2.75) is 24.3 Å². The lowest BCUT2D eigenvalue weighted by Crippen LogP contribution is -1.92. The largest absolute Gasteiger partial charge is 0.361 e. The Kier molecular flexibility index (Phi) is 7.01. The first-order valence-electron chi connectivity index (χ1n) is 12.4. The quantitative estimate of drug-likeness (QED) is 0.198. The minimum absolute atomic E-state index is 0.772. The summed E-state index contributed by atoms with van der Waals surface area (Å²) in [6.45, 7) is 0. The molecule has 0 saturated carbocycles. The van der Waals surface area contributed by atoms with Gasteiger partial charge < -0.3 is 9.97 Å². The Bertz CT molecular complexity index is 1540. The van der Waals surface area contributed by atoms with Gasteiger partial charge in [0, 0.05) is 55.8 Å². The maximum atomic E-state index is 6.09. The number of hydrogen-bond donors (Lipinski definition) is 2. The number of aromatic nitrogens is 2. The van der Waals surface area contributed by atoms with Crippen LogP contribution in [-0.2, 0) is 24.3 Å². The van der Waals surface area contributed by atoms with Crippen molar-refractivity contribution >= 4 is 56.8 Å². The first-order chi connectivity index (χ1) is 18.1. The molecule has 6 aromatic rings. The van der Waals surface area contributed by atoms with Crippen LogP contribution >= 0.6 is 35.0 Å². The highest BCUT2D eigenvalue weighted by Gasteiger charge is 2.12. The SMILES string of the molecule is Clc1ccc(Cc2c[nH]c3cccc(CSCc4cccc5[nH]cc(Cc6ccc(Cl)cc6)c45)c23)cc1. The molecular weight excluding hydrogens is 515 g/mol. The molecule has 6 rings (SSSR count). The van der Waals surface area contributed by atoms with Gasteiger partial charge in [0.05, 0.1) is 0 Å². The Labute approximate surface area is 231 Å². The molecule has 184 valence electrons. The zero-order valence-corrected chi connectivity index (χ0v) is 22.6. The molecule has 0 fully saturated rings. The molecule has 0 unspecified atom stereocenters. The lowest BCUT2D eigenvalue weighted by atomic mass is 10.0. The van der Waals surface area contributed by atoms with Crippen molar-refractivity contribution in [1.29, 1.82) is 0 Å². The summed E-state index contributed by atoms with van der Waals surface area (Å²) >= 11 is 14.1. The minimum Gasteiger partial charge on any atom is -0.361 e. The summed E-state index contributed by atoms with van der Waals surface area (Å²) in [5.41, 5.74) is 10.3. The maximum absolute atomic E-state index is 6.09. The third-order valence-electron chi connectivity index (χ3n) is 6.88. The molecule has 0 amide bonds. The normalized spacial score (nSPS) is 11.5. The van der Waals surface area contributed by atoms with E-state index >= 15 is 0 Å². The van der Waals surface area contributed by atoms with Crippen LogP contribution in [0.2, 0.25) is 10.0 Å². The topological polar surface area (TPSA) is 31.6 Å². The molecule has 0 aliphatic carbocycles. The van der Waals surface area contributed by atoms with Gasteiger partial charge in [-0.15, -0.1) is 0 Å². The molecule has 0 aliphatic rings. The van der Waals surface area contributed by atoms with Crippen molar-refractivity contribution in [1.82, 2.24) is 9.97 Å². The monoisotopic (exact) mass is 540 g/mol. The summed E-state index contributed by atoms with van der Waals surface area (Å²) in [5.74, 6) is 1.91. The van der Waals surface area contributed by atoms with Gasteiger partial charge in [-0.05, 0) is 82.6 Å². The smallest absolute Gasteiger partial charge is 0.0460 e. The third-order valence-corrected chi connectivity index (χ3v) is 8.41. The molecule has 0 saturated heterocycles. The number of fused-ring (bicyclic) bond motifs is 2. The fourth-order valence-electron chi connectivity index (χ4n) is 5.11. The molecule has 2 N–H and O–H groups in total. The van der Waals surface area contributed by atoms with Crippen LogP contribution in [0.1, 0.15) is 33.4 Å². The van der Waals surface area contributed by atoms with Gasteiger partial charge in [-0.3, -0.25) is 0 Å². The molecule has 0 spiro atoms. The highest BCUT2D eigenvalue weighted by molar-refractivity contribution is 7.97. The van der Waals surface area contributed by atoms with Crippen LogP contribution in [0.15, 0.2) is 97.3 Å². The Morgan fingerprint density at radius 3 is 1.38 bits per heavy atom. The predicted octanol–water partition coefficient (Wildman–Crippen LogP) is 9.57. The van der Waals surface area contributed by atoms with E-state index < -0.39 is 0 Å².